The first-order chi connectivity index (χ1) is 14.2. The number of nitrogens with one attached hydrogen (secondary N) is 3. The Morgan fingerprint density at radius 1 is 1.17 bits per heavy atom. The van der Waals surface area contributed by atoms with Gasteiger partial charge in [-0.3, -0.25) is 4.72 Å². The number of rotatable bonds is 7. The highest BCUT2D eigenvalue weighted by atomic mass is 32.2. The number of benzene rings is 2. The van der Waals surface area contributed by atoms with Crippen LogP contribution >= 0.6 is 0 Å². The van der Waals surface area contributed by atoms with Crippen molar-refractivity contribution < 1.29 is 27.1 Å². The molecule has 0 saturated heterocycles. The number of ether oxygens (including phenoxy) is 2. The molecule has 0 aliphatic rings. The fourth-order valence-electron chi connectivity index (χ4n) is 2.77. The van der Waals surface area contributed by atoms with Crippen LogP contribution < -0.4 is 14.2 Å². The Morgan fingerprint density at radius 3 is 2.63 bits per heavy atom. The van der Waals surface area contributed by atoms with Gasteiger partial charge in [0.15, 0.2) is 0 Å². The molecule has 0 saturated carbocycles. The van der Waals surface area contributed by atoms with Gasteiger partial charge in [-0.25, -0.2) is 13.9 Å². The first-order valence-corrected chi connectivity index (χ1v) is 10.6. The van der Waals surface area contributed by atoms with Gasteiger partial charge < -0.3 is 14.5 Å². The summed E-state index contributed by atoms with van der Waals surface area (Å²) in [6.45, 7) is 3.74. The zero-order chi connectivity index (χ0) is 21.9. The molecular formula is C20H22FN3O5S. The second kappa shape index (κ2) is 8.62. The molecule has 3 aromatic rings. The topological polar surface area (TPSA) is 110 Å². The summed E-state index contributed by atoms with van der Waals surface area (Å²) < 4.78 is 52.2. The standard InChI is InChI=1S/C20H22FN3O5S/c1-12(2)11-29-20(25)24-30(26,27)23-18-9-13(4-7-19(18)28-3)17-10-14-8-15(21)5-6-16(14)22-17/h4-10,12,22-23H,11H2,1-3H3,(H,24,25). The number of aromatic amines is 1. The molecule has 0 aliphatic heterocycles. The predicted molar refractivity (Wildman–Crippen MR) is 112 cm³/mol. The smallest absolute Gasteiger partial charge is 0.422 e. The lowest BCUT2D eigenvalue weighted by molar-refractivity contribution is 0.139. The zero-order valence-corrected chi connectivity index (χ0v) is 17.5. The highest BCUT2D eigenvalue weighted by molar-refractivity contribution is 7.91. The maximum atomic E-state index is 13.4. The van der Waals surface area contributed by atoms with Gasteiger partial charge in [0.2, 0.25) is 0 Å². The van der Waals surface area contributed by atoms with Gasteiger partial charge in [0.25, 0.3) is 0 Å². The van der Waals surface area contributed by atoms with E-state index in [-0.39, 0.29) is 29.8 Å². The van der Waals surface area contributed by atoms with E-state index in [1.807, 2.05) is 13.8 Å². The van der Waals surface area contributed by atoms with E-state index in [2.05, 4.69) is 9.71 Å². The van der Waals surface area contributed by atoms with Crippen molar-refractivity contribution in [2.75, 3.05) is 18.4 Å². The van der Waals surface area contributed by atoms with Crippen LogP contribution in [0.3, 0.4) is 0 Å². The lowest BCUT2D eigenvalue weighted by atomic mass is 10.1. The van der Waals surface area contributed by atoms with E-state index < -0.39 is 16.3 Å². The van der Waals surface area contributed by atoms with Crippen LogP contribution in [-0.4, -0.2) is 33.2 Å². The molecule has 0 spiro atoms. The van der Waals surface area contributed by atoms with Gasteiger partial charge in [-0.2, -0.15) is 8.42 Å². The number of H-pyrrole nitrogens is 1. The summed E-state index contributed by atoms with van der Waals surface area (Å²) >= 11 is 0. The van der Waals surface area contributed by atoms with E-state index in [9.17, 15) is 17.6 Å². The highest BCUT2D eigenvalue weighted by Crippen LogP contribution is 2.32. The maximum absolute atomic E-state index is 13.4. The highest BCUT2D eigenvalue weighted by Gasteiger charge is 2.19. The summed E-state index contributed by atoms with van der Waals surface area (Å²) in [5.74, 6) is -0.0403. The number of hydrogen-bond acceptors (Lipinski definition) is 5. The minimum Gasteiger partial charge on any atom is -0.495 e. The fraction of sp³-hybridized carbons (Fsp3) is 0.250. The summed E-state index contributed by atoms with van der Waals surface area (Å²) in [6.07, 6.45) is -1.08. The number of carbonyl (C=O) groups excluding carboxylic acids is 1. The maximum Gasteiger partial charge on any atom is 0.422 e. The van der Waals surface area contributed by atoms with Gasteiger partial charge in [-0.15, -0.1) is 0 Å². The number of carbonyl (C=O) groups is 1. The summed E-state index contributed by atoms with van der Waals surface area (Å²) in [7, 11) is -2.87. The van der Waals surface area contributed by atoms with Crippen molar-refractivity contribution in [3.63, 3.8) is 0 Å². The molecule has 1 heterocycles. The first-order valence-electron chi connectivity index (χ1n) is 9.11. The number of aromatic nitrogens is 1. The van der Waals surface area contributed by atoms with E-state index >= 15 is 0 Å². The molecule has 30 heavy (non-hydrogen) atoms. The van der Waals surface area contributed by atoms with Crippen LogP contribution in [0.1, 0.15) is 13.8 Å². The third-order valence-electron chi connectivity index (χ3n) is 4.10. The molecule has 1 aromatic heterocycles. The van der Waals surface area contributed by atoms with Crippen molar-refractivity contribution in [1.82, 2.24) is 9.71 Å². The Kier molecular flexibility index (Phi) is 6.16. The largest absolute Gasteiger partial charge is 0.495 e. The Hall–Kier alpha value is -3.27. The molecule has 8 nitrogen and oxygen atoms in total. The lowest BCUT2D eigenvalue weighted by Gasteiger charge is -2.14. The van der Waals surface area contributed by atoms with Crippen LogP contribution in [0.4, 0.5) is 14.9 Å². The van der Waals surface area contributed by atoms with Crippen molar-refractivity contribution in [3.05, 3.63) is 48.3 Å². The van der Waals surface area contributed by atoms with Crippen molar-refractivity contribution in [2.45, 2.75) is 13.8 Å². The molecule has 0 atom stereocenters. The number of anilines is 1. The van der Waals surface area contributed by atoms with Crippen LogP contribution in [0.5, 0.6) is 5.75 Å². The molecule has 0 fully saturated rings. The number of halogens is 1. The fourth-order valence-corrected chi connectivity index (χ4v) is 3.54. The molecule has 160 valence electrons. The molecular weight excluding hydrogens is 413 g/mol. The molecule has 0 aliphatic carbocycles. The number of amides is 1. The number of methoxy groups -OCH3 is 1. The van der Waals surface area contributed by atoms with Gasteiger partial charge in [-0.1, -0.05) is 13.8 Å². The van der Waals surface area contributed by atoms with E-state index in [4.69, 9.17) is 9.47 Å². The van der Waals surface area contributed by atoms with Crippen molar-refractivity contribution in [1.29, 1.82) is 0 Å². The lowest BCUT2D eigenvalue weighted by Crippen LogP contribution is -2.36. The van der Waals surface area contributed by atoms with Crippen molar-refractivity contribution in [3.8, 4) is 17.0 Å². The summed E-state index contributed by atoms with van der Waals surface area (Å²) in [6, 6.07) is 11.0. The quantitative estimate of drug-likeness (QED) is 0.519. The van der Waals surface area contributed by atoms with Gasteiger partial charge in [0.1, 0.15) is 11.6 Å². The average molecular weight is 435 g/mol. The number of fused-ring (bicyclic) bond motifs is 1. The predicted octanol–water partition coefficient (Wildman–Crippen LogP) is 4.02. The molecule has 3 N–H and O–H groups in total. The first kappa shape index (κ1) is 21.4. The Balaban J connectivity index is 1.86. The van der Waals surface area contributed by atoms with Crippen molar-refractivity contribution in [2.24, 2.45) is 5.92 Å². The zero-order valence-electron chi connectivity index (χ0n) is 16.7. The monoisotopic (exact) mass is 435 g/mol. The molecule has 10 heteroatoms. The SMILES string of the molecule is COc1ccc(-c2cc3cc(F)ccc3[nH]2)cc1NS(=O)(=O)NC(=O)OCC(C)C. The van der Waals surface area contributed by atoms with E-state index in [1.165, 1.54) is 19.2 Å². The molecule has 1 amide bonds. The Morgan fingerprint density at radius 2 is 1.93 bits per heavy atom. The number of hydrogen-bond donors (Lipinski definition) is 3. The van der Waals surface area contributed by atoms with Gasteiger partial charge in [0, 0.05) is 22.2 Å². The third-order valence-corrected chi connectivity index (χ3v) is 5.03. The second-order valence-electron chi connectivity index (χ2n) is 7.03. The van der Waals surface area contributed by atoms with Crippen LogP contribution in [0, 0.1) is 11.7 Å². The second-order valence-corrected chi connectivity index (χ2v) is 8.44. The Bertz CT molecular complexity index is 1170. The minimum absolute atomic E-state index is 0.0629. The van der Waals surface area contributed by atoms with Crippen molar-refractivity contribution >= 4 is 32.9 Å². The van der Waals surface area contributed by atoms with E-state index in [0.717, 1.165) is 5.52 Å². The molecule has 0 unspecified atom stereocenters. The average Bonchev–Trinajstić information content (AvgIpc) is 3.08. The molecule has 2 aromatic carbocycles. The summed E-state index contributed by atoms with van der Waals surface area (Å²) in [4.78, 5) is 14.9. The molecule has 3 rings (SSSR count). The van der Waals surface area contributed by atoms with E-state index in [0.29, 0.717) is 16.6 Å². The minimum atomic E-state index is -4.26. The third kappa shape index (κ3) is 5.20. The van der Waals surface area contributed by atoms with Crippen LogP contribution in [0.25, 0.3) is 22.2 Å². The Labute approximate surface area is 173 Å². The summed E-state index contributed by atoms with van der Waals surface area (Å²) in [5.41, 5.74) is 2.14. The summed E-state index contributed by atoms with van der Waals surface area (Å²) in [5, 5.41) is 0.678. The van der Waals surface area contributed by atoms with Gasteiger partial charge in [-0.05, 0) is 48.4 Å². The molecule has 0 radical (unpaired) electrons. The normalized spacial score (nSPS) is 11.5. The van der Waals surface area contributed by atoms with Crippen LogP contribution in [0.15, 0.2) is 42.5 Å². The van der Waals surface area contributed by atoms with Crippen LogP contribution in [-0.2, 0) is 14.9 Å². The molecule has 0 bridgehead atoms. The van der Waals surface area contributed by atoms with E-state index in [1.54, 1.807) is 35.1 Å². The van der Waals surface area contributed by atoms with Gasteiger partial charge in [0.05, 0.1) is 19.4 Å². The van der Waals surface area contributed by atoms with Crippen LogP contribution in [0.2, 0.25) is 0 Å². The van der Waals surface area contributed by atoms with Gasteiger partial charge >= 0.3 is 16.3 Å².